The first-order valence-electron chi connectivity index (χ1n) is 4.58. The van der Waals surface area contributed by atoms with Crippen molar-refractivity contribution in [2.75, 3.05) is 0 Å². The van der Waals surface area contributed by atoms with Crippen molar-refractivity contribution >= 4 is 11.8 Å². The molecular weight excluding hydrogens is 209 g/mol. The van der Waals surface area contributed by atoms with Crippen LogP contribution in [0.25, 0.3) is 11.3 Å². The monoisotopic (exact) mass is 217 g/mol. The van der Waals surface area contributed by atoms with E-state index in [0.717, 1.165) is 5.56 Å². The van der Waals surface area contributed by atoms with Gasteiger partial charge >= 0.3 is 0 Å². The molecule has 2 rings (SSSR count). The van der Waals surface area contributed by atoms with Crippen molar-refractivity contribution in [1.29, 1.82) is 0 Å². The smallest absolute Gasteiger partial charge is 0.240 e. The average molecular weight is 217 g/mol. The van der Waals surface area contributed by atoms with Gasteiger partial charge in [-0.25, -0.2) is 9.18 Å². The van der Waals surface area contributed by atoms with Gasteiger partial charge in [0.05, 0.1) is 11.9 Å². The highest BCUT2D eigenvalue weighted by molar-refractivity contribution is 5.73. The zero-order valence-electron chi connectivity index (χ0n) is 8.51. The number of hydrogen-bond donors (Lipinski definition) is 0. The SMILES string of the molecule is Cn1ncc(N=C=O)c1-c1ccc(F)cc1. The molecule has 0 radical (unpaired) electrons. The van der Waals surface area contributed by atoms with Gasteiger partial charge in [-0.15, -0.1) is 0 Å². The van der Waals surface area contributed by atoms with Gasteiger partial charge in [0.25, 0.3) is 0 Å². The van der Waals surface area contributed by atoms with Gasteiger partial charge in [0.2, 0.25) is 6.08 Å². The lowest BCUT2D eigenvalue weighted by Crippen LogP contribution is -1.93. The van der Waals surface area contributed by atoms with Crippen molar-refractivity contribution in [3.05, 3.63) is 36.3 Å². The molecule has 0 aliphatic heterocycles. The Bertz CT molecular complexity index is 553. The van der Waals surface area contributed by atoms with Crippen LogP contribution in [0.4, 0.5) is 10.1 Å². The highest BCUT2D eigenvalue weighted by Gasteiger charge is 2.10. The Morgan fingerprint density at radius 3 is 2.69 bits per heavy atom. The zero-order valence-corrected chi connectivity index (χ0v) is 8.51. The van der Waals surface area contributed by atoms with Crippen LogP contribution in [0.5, 0.6) is 0 Å². The van der Waals surface area contributed by atoms with E-state index in [4.69, 9.17) is 0 Å². The second kappa shape index (κ2) is 4.08. The standard InChI is InChI=1S/C11H8FN3O/c1-15-11(10(6-14-15)13-7-16)8-2-4-9(12)5-3-8/h2-6H,1H3. The van der Waals surface area contributed by atoms with Crippen molar-refractivity contribution in [2.24, 2.45) is 12.0 Å². The van der Waals surface area contributed by atoms with E-state index < -0.39 is 0 Å². The Morgan fingerprint density at radius 2 is 2.06 bits per heavy atom. The lowest BCUT2D eigenvalue weighted by molar-refractivity contribution is 0.565. The third kappa shape index (κ3) is 1.76. The van der Waals surface area contributed by atoms with E-state index >= 15 is 0 Å². The van der Waals surface area contributed by atoms with Crippen LogP contribution >= 0.6 is 0 Å². The molecule has 0 atom stereocenters. The maximum atomic E-state index is 12.8. The molecule has 0 aliphatic rings. The van der Waals surface area contributed by atoms with Gasteiger partial charge in [-0.2, -0.15) is 10.1 Å². The molecule has 2 aromatic rings. The van der Waals surface area contributed by atoms with Crippen LogP contribution in [0.1, 0.15) is 0 Å². The predicted octanol–water partition coefficient (Wildman–Crippen LogP) is 2.19. The number of aromatic nitrogens is 2. The number of halogens is 1. The molecule has 0 N–H and O–H groups in total. The first-order chi connectivity index (χ1) is 7.72. The molecular formula is C11H8FN3O. The number of carbonyl (C=O) groups excluding carboxylic acids is 1. The highest BCUT2D eigenvalue weighted by atomic mass is 19.1. The van der Waals surface area contributed by atoms with Crippen LogP contribution in [0.3, 0.4) is 0 Å². The molecule has 16 heavy (non-hydrogen) atoms. The predicted molar refractivity (Wildman–Crippen MR) is 56.4 cm³/mol. The van der Waals surface area contributed by atoms with Crippen LogP contribution in [-0.2, 0) is 11.8 Å². The fourth-order valence-corrected chi connectivity index (χ4v) is 1.50. The van der Waals surface area contributed by atoms with Gasteiger partial charge in [-0.1, -0.05) is 0 Å². The van der Waals surface area contributed by atoms with Gasteiger partial charge < -0.3 is 0 Å². The molecule has 0 bridgehead atoms. The summed E-state index contributed by atoms with van der Waals surface area (Å²) in [6, 6.07) is 5.90. The van der Waals surface area contributed by atoms with E-state index in [0.29, 0.717) is 11.4 Å². The topological polar surface area (TPSA) is 47.2 Å². The first kappa shape index (κ1) is 10.3. The van der Waals surface area contributed by atoms with Gasteiger partial charge in [-0.05, 0) is 24.3 Å². The lowest BCUT2D eigenvalue weighted by atomic mass is 10.1. The Balaban J connectivity index is 2.58. The minimum absolute atomic E-state index is 0.314. The molecule has 0 amide bonds. The Kier molecular flexibility index (Phi) is 2.62. The Labute approximate surface area is 91.0 Å². The number of aryl methyl sites for hydroxylation is 1. The summed E-state index contributed by atoms with van der Waals surface area (Å²) < 4.78 is 14.3. The number of aliphatic imine (C=N–C) groups is 1. The largest absolute Gasteiger partial charge is 0.266 e. The lowest BCUT2D eigenvalue weighted by Gasteiger charge is -2.02. The van der Waals surface area contributed by atoms with E-state index in [-0.39, 0.29) is 5.82 Å². The van der Waals surface area contributed by atoms with E-state index in [1.54, 1.807) is 23.9 Å². The third-order valence-corrected chi connectivity index (χ3v) is 2.20. The molecule has 5 heteroatoms. The molecule has 80 valence electrons. The van der Waals surface area contributed by atoms with E-state index in [1.807, 2.05) is 0 Å². The summed E-state index contributed by atoms with van der Waals surface area (Å²) in [5, 5.41) is 3.98. The molecule has 0 fully saturated rings. The summed E-state index contributed by atoms with van der Waals surface area (Å²) in [5.41, 5.74) is 1.82. The molecule has 1 aromatic heterocycles. The summed E-state index contributed by atoms with van der Waals surface area (Å²) in [7, 11) is 1.72. The van der Waals surface area contributed by atoms with E-state index in [9.17, 15) is 9.18 Å². The zero-order chi connectivity index (χ0) is 11.5. The minimum Gasteiger partial charge on any atom is -0.266 e. The fourth-order valence-electron chi connectivity index (χ4n) is 1.50. The molecule has 1 heterocycles. The van der Waals surface area contributed by atoms with Crippen molar-refractivity contribution in [3.63, 3.8) is 0 Å². The molecule has 0 spiro atoms. The van der Waals surface area contributed by atoms with Crippen molar-refractivity contribution in [1.82, 2.24) is 9.78 Å². The van der Waals surface area contributed by atoms with Crippen molar-refractivity contribution < 1.29 is 9.18 Å². The minimum atomic E-state index is -0.314. The molecule has 4 nitrogen and oxygen atoms in total. The fraction of sp³-hybridized carbons (Fsp3) is 0.0909. The van der Waals surface area contributed by atoms with Crippen LogP contribution < -0.4 is 0 Å². The first-order valence-corrected chi connectivity index (χ1v) is 4.58. The number of hydrogen-bond acceptors (Lipinski definition) is 3. The molecule has 0 unspecified atom stereocenters. The van der Waals surface area contributed by atoms with Crippen LogP contribution in [0.15, 0.2) is 35.5 Å². The van der Waals surface area contributed by atoms with Crippen LogP contribution in [-0.4, -0.2) is 15.9 Å². The molecule has 0 aliphatic carbocycles. The van der Waals surface area contributed by atoms with E-state index in [1.165, 1.54) is 24.4 Å². The Morgan fingerprint density at radius 1 is 1.38 bits per heavy atom. The molecule has 0 saturated heterocycles. The number of isocyanates is 1. The number of rotatable bonds is 2. The number of benzene rings is 1. The van der Waals surface area contributed by atoms with Gasteiger partial charge in [-0.3, -0.25) is 4.68 Å². The molecule has 1 aromatic carbocycles. The van der Waals surface area contributed by atoms with Crippen LogP contribution in [0, 0.1) is 5.82 Å². The quantitative estimate of drug-likeness (QED) is 0.571. The second-order valence-corrected chi connectivity index (χ2v) is 3.21. The van der Waals surface area contributed by atoms with Gasteiger partial charge in [0.1, 0.15) is 11.5 Å². The van der Waals surface area contributed by atoms with Crippen LogP contribution in [0.2, 0.25) is 0 Å². The van der Waals surface area contributed by atoms with Crippen molar-refractivity contribution in [2.45, 2.75) is 0 Å². The van der Waals surface area contributed by atoms with E-state index in [2.05, 4.69) is 10.1 Å². The summed E-state index contributed by atoms with van der Waals surface area (Å²) in [4.78, 5) is 13.8. The summed E-state index contributed by atoms with van der Waals surface area (Å²) in [6.07, 6.45) is 2.93. The summed E-state index contributed by atoms with van der Waals surface area (Å²) >= 11 is 0. The third-order valence-electron chi connectivity index (χ3n) is 2.20. The van der Waals surface area contributed by atoms with Gasteiger partial charge in [0.15, 0.2) is 0 Å². The summed E-state index contributed by atoms with van der Waals surface area (Å²) in [5.74, 6) is -0.314. The Hall–Kier alpha value is -2.26. The maximum Gasteiger partial charge on any atom is 0.240 e. The second-order valence-electron chi connectivity index (χ2n) is 3.21. The number of nitrogens with zero attached hydrogens (tertiary/aromatic N) is 3. The van der Waals surface area contributed by atoms with Gasteiger partial charge in [0, 0.05) is 12.6 Å². The maximum absolute atomic E-state index is 12.8. The van der Waals surface area contributed by atoms with Crippen molar-refractivity contribution in [3.8, 4) is 11.3 Å². The normalized spacial score (nSPS) is 9.88. The molecule has 0 saturated carbocycles. The average Bonchev–Trinajstić information content (AvgIpc) is 2.62. The summed E-state index contributed by atoms with van der Waals surface area (Å²) in [6.45, 7) is 0. The highest BCUT2D eigenvalue weighted by Crippen LogP contribution is 2.29.